The zero-order valence-corrected chi connectivity index (χ0v) is 19.8. The Labute approximate surface area is 195 Å². The second kappa shape index (κ2) is 12.0. The highest BCUT2D eigenvalue weighted by Crippen LogP contribution is 2.19. The fourth-order valence-electron chi connectivity index (χ4n) is 3.96. The van der Waals surface area contributed by atoms with Crippen LogP contribution in [-0.2, 0) is 21.9 Å². The summed E-state index contributed by atoms with van der Waals surface area (Å²) in [5.74, 6) is 0.506. The van der Waals surface area contributed by atoms with Crippen molar-refractivity contribution in [3.05, 3.63) is 71.0 Å². The molecule has 2 amide bonds. The minimum atomic E-state index is -0.588. The van der Waals surface area contributed by atoms with Gasteiger partial charge in [0.05, 0.1) is 5.75 Å². The standard InChI is InChI=1S/C26H33FN2O2S/c1-19-8-10-22(11-9-19)17-32-18-25(30)29(16-21-12-14-23(27)15-13-21)20(2)26(31)28-24-6-4-3-5-7-24/h8-15,20,24H,3-7,16-18H2,1-2H3,(H,28,31). The third-order valence-corrected chi connectivity index (χ3v) is 6.99. The van der Waals surface area contributed by atoms with Gasteiger partial charge in [-0.1, -0.05) is 61.2 Å². The van der Waals surface area contributed by atoms with E-state index in [1.807, 2.05) is 6.92 Å². The fourth-order valence-corrected chi connectivity index (χ4v) is 4.83. The fraction of sp³-hybridized carbons (Fsp3) is 0.462. The Kier molecular flexibility index (Phi) is 9.15. The maximum absolute atomic E-state index is 13.3. The molecule has 1 atom stereocenters. The number of carbonyl (C=O) groups excluding carboxylic acids is 2. The summed E-state index contributed by atoms with van der Waals surface area (Å²) < 4.78 is 13.3. The number of amides is 2. The molecule has 0 saturated heterocycles. The minimum Gasteiger partial charge on any atom is -0.352 e. The first kappa shape index (κ1) is 24.3. The van der Waals surface area contributed by atoms with Gasteiger partial charge in [0, 0.05) is 18.3 Å². The lowest BCUT2D eigenvalue weighted by molar-refractivity contribution is -0.139. The number of aryl methyl sites for hydroxylation is 1. The molecule has 0 aromatic heterocycles. The van der Waals surface area contributed by atoms with E-state index >= 15 is 0 Å². The van der Waals surface area contributed by atoms with Crippen molar-refractivity contribution in [1.82, 2.24) is 10.2 Å². The number of nitrogens with zero attached hydrogens (tertiary/aromatic N) is 1. The lowest BCUT2D eigenvalue weighted by Crippen LogP contribution is -2.50. The molecular weight excluding hydrogens is 423 g/mol. The van der Waals surface area contributed by atoms with Crippen molar-refractivity contribution in [2.45, 2.75) is 70.3 Å². The van der Waals surface area contributed by atoms with Crippen LogP contribution in [0.2, 0.25) is 0 Å². The van der Waals surface area contributed by atoms with Crippen molar-refractivity contribution in [2.75, 3.05) is 5.75 Å². The molecule has 4 nitrogen and oxygen atoms in total. The average molecular weight is 457 g/mol. The van der Waals surface area contributed by atoms with Crippen molar-refractivity contribution in [3.8, 4) is 0 Å². The number of nitrogens with one attached hydrogen (secondary N) is 1. The molecule has 1 unspecified atom stereocenters. The molecule has 0 heterocycles. The van der Waals surface area contributed by atoms with Gasteiger partial charge in [0.25, 0.3) is 0 Å². The summed E-state index contributed by atoms with van der Waals surface area (Å²) in [6.07, 6.45) is 5.48. The van der Waals surface area contributed by atoms with Crippen molar-refractivity contribution in [2.24, 2.45) is 0 Å². The van der Waals surface area contributed by atoms with Crippen LogP contribution in [0.25, 0.3) is 0 Å². The van der Waals surface area contributed by atoms with E-state index in [0.717, 1.165) is 37.0 Å². The zero-order valence-electron chi connectivity index (χ0n) is 19.0. The lowest BCUT2D eigenvalue weighted by Gasteiger charge is -2.31. The van der Waals surface area contributed by atoms with Gasteiger partial charge in [0.2, 0.25) is 11.8 Å². The van der Waals surface area contributed by atoms with E-state index in [1.54, 1.807) is 35.7 Å². The Morgan fingerprint density at radius 2 is 1.66 bits per heavy atom. The van der Waals surface area contributed by atoms with Crippen molar-refractivity contribution in [1.29, 1.82) is 0 Å². The highest BCUT2D eigenvalue weighted by molar-refractivity contribution is 7.99. The quantitative estimate of drug-likeness (QED) is 0.562. The van der Waals surface area contributed by atoms with Crippen LogP contribution in [0.15, 0.2) is 48.5 Å². The van der Waals surface area contributed by atoms with Crippen LogP contribution in [0, 0.1) is 12.7 Å². The van der Waals surface area contributed by atoms with Gasteiger partial charge in [-0.15, -0.1) is 11.8 Å². The maximum Gasteiger partial charge on any atom is 0.242 e. The van der Waals surface area contributed by atoms with Gasteiger partial charge in [-0.05, 0) is 49.9 Å². The van der Waals surface area contributed by atoms with Crippen molar-refractivity contribution >= 4 is 23.6 Å². The second-order valence-corrected chi connectivity index (χ2v) is 9.63. The SMILES string of the molecule is Cc1ccc(CSCC(=O)N(Cc2ccc(F)cc2)C(C)C(=O)NC2CCCCC2)cc1. The number of hydrogen-bond donors (Lipinski definition) is 1. The molecule has 3 rings (SSSR count). The Morgan fingerprint density at radius 1 is 1.03 bits per heavy atom. The Balaban J connectivity index is 1.64. The summed E-state index contributed by atoms with van der Waals surface area (Å²) in [4.78, 5) is 27.7. The second-order valence-electron chi connectivity index (χ2n) is 8.65. The molecule has 1 saturated carbocycles. The van der Waals surface area contributed by atoms with E-state index in [4.69, 9.17) is 0 Å². The van der Waals surface area contributed by atoms with E-state index < -0.39 is 6.04 Å². The number of carbonyl (C=O) groups is 2. The summed E-state index contributed by atoms with van der Waals surface area (Å²) in [5.41, 5.74) is 3.18. The molecule has 2 aromatic rings. The maximum atomic E-state index is 13.3. The topological polar surface area (TPSA) is 49.4 Å². The molecule has 172 valence electrons. The summed E-state index contributed by atoms with van der Waals surface area (Å²) in [6.45, 7) is 4.11. The molecule has 0 bridgehead atoms. The van der Waals surface area contributed by atoms with Crippen LogP contribution in [-0.4, -0.2) is 34.6 Å². The van der Waals surface area contributed by atoms with Gasteiger partial charge in [-0.2, -0.15) is 0 Å². The van der Waals surface area contributed by atoms with Gasteiger partial charge in [-0.3, -0.25) is 9.59 Å². The van der Waals surface area contributed by atoms with Gasteiger partial charge >= 0.3 is 0 Å². The molecule has 0 spiro atoms. The van der Waals surface area contributed by atoms with E-state index in [9.17, 15) is 14.0 Å². The minimum absolute atomic E-state index is 0.0854. The van der Waals surface area contributed by atoms with Crippen LogP contribution < -0.4 is 5.32 Å². The molecule has 6 heteroatoms. The normalized spacial score (nSPS) is 15.2. The largest absolute Gasteiger partial charge is 0.352 e. The summed E-state index contributed by atoms with van der Waals surface area (Å²) in [5, 5.41) is 3.14. The van der Waals surface area contributed by atoms with Crippen LogP contribution >= 0.6 is 11.8 Å². The molecule has 0 aliphatic heterocycles. The molecule has 2 aromatic carbocycles. The summed E-state index contributed by atoms with van der Waals surface area (Å²) >= 11 is 1.54. The Morgan fingerprint density at radius 3 is 2.31 bits per heavy atom. The molecule has 1 N–H and O–H groups in total. The third kappa shape index (κ3) is 7.37. The van der Waals surface area contributed by atoms with Crippen LogP contribution in [0.4, 0.5) is 4.39 Å². The van der Waals surface area contributed by atoms with E-state index in [2.05, 4.69) is 29.6 Å². The first-order valence-corrected chi connectivity index (χ1v) is 12.6. The molecule has 1 aliphatic rings. The van der Waals surface area contributed by atoms with E-state index in [1.165, 1.54) is 29.7 Å². The summed E-state index contributed by atoms with van der Waals surface area (Å²) in [6, 6.07) is 14.0. The highest BCUT2D eigenvalue weighted by Gasteiger charge is 2.28. The van der Waals surface area contributed by atoms with Gasteiger partial charge in [-0.25, -0.2) is 4.39 Å². The van der Waals surface area contributed by atoms with Gasteiger partial charge in [0.15, 0.2) is 0 Å². The predicted octanol–water partition coefficient (Wildman–Crippen LogP) is 5.23. The highest BCUT2D eigenvalue weighted by atomic mass is 32.2. The Bertz CT molecular complexity index is 880. The van der Waals surface area contributed by atoms with Gasteiger partial charge in [0.1, 0.15) is 11.9 Å². The van der Waals surface area contributed by atoms with E-state index in [0.29, 0.717) is 0 Å². The number of benzene rings is 2. The smallest absolute Gasteiger partial charge is 0.242 e. The lowest BCUT2D eigenvalue weighted by atomic mass is 9.95. The monoisotopic (exact) mass is 456 g/mol. The predicted molar refractivity (Wildman–Crippen MR) is 129 cm³/mol. The van der Waals surface area contributed by atoms with E-state index in [-0.39, 0.29) is 36.0 Å². The summed E-state index contributed by atoms with van der Waals surface area (Å²) in [7, 11) is 0. The first-order chi connectivity index (χ1) is 15.4. The molecule has 32 heavy (non-hydrogen) atoms. The number of hydrogen-bond acceptors (Lipinski definition) is 3. The number of halogens is 1. The van der Waals surface area contributed by atoms with Crippen LogP contribution in [0.5, 0.6) is 0 Å². The number of rotatable bonds is 9. The Hall–Kier alpha value is -2.34. The molecule has 1 aliphatic carbocycles. The van der Waals surface area contributed by atoms with Crippen LogP contribution in [0.1, 0.15) is 55.7 Å². The third-order valence-electron chi connectivity index (χ3n) is 6.00. The van der Waals surface area contributed by atoms with Crippen molar-refractivity contribution < 1.29 is 14.0 Å². The van der Waals surface area contributed by atoms with Gasteiger partial charge < -0.3 is 10.2 Å². The molecule has 1 fully saturated rings. The zero-order chi connectivity index (χ0) is 22.9. The van der Waals surface area contributed by atoms with Crippen LogP contribution in [0.3, 0.4) is 0 Å². The average Bonchev–Trinajstić information content (AvgIpc) is 2.80. The first-order valence-electron chi connectivity index (χ1n) is 11.4. The molecular formula is C26H33FN2O2S. The molecule has 0 radical (unpaired) electrons. The van der Waals surface area contributed by atoms with Crippen molar-refractivity contribution in [3.63, 3.8) is 0 Å². The number of thioether (sulfide) groups is 1.